The summed E-state index contributed by atoms with van der Waals surface area (Å²) in [6, 6.07) is 5.67. The number of benzene rings is 1. The highest BCUT2D eigenvalue weighted by Crippen LogP contribution is 2.67. The van der Waals surface area contributed by atoms with Gasteiger partial charge in [-0.25, -0.2) is 13.8 Å². The number of rotatable bonds is 2. The summed E-state index contributed by atoms with van der Waals surface area (Å²) in [5.41, 5.74) is 2.26. The maximum absolute atomic E-state index is 14.3. The van der Waals surface area contributed by atoms with Crippen molar-refractivity contribution in [1.82, 2.24) is 15.2 Å². The second-order valence-electron chi connectivity index (χ2n) is 8.47. The van der Waals surface area contributed by atoms with Crippen molar-refractivity contribution in [3.63, 3.8) is 0 Å². The molecule has 2 heterocycles. The maximum atomic E-state index is 14.3. The zero-order chi connectivity index (χ0) is 19.7. The Morgan fingerprint density at radius 3 is 2.57 bits per heavy atom. The Morgan fingerprint density at radius 1 is 1.14 bits per heavy atom. The quantitative estimate of drug-likeness (QED) is 0.603. The van der Waals surface area contributed by atoms with Crippen LogP contribution in [0.3, 0.4) is 0 Å². The molecule has 0 spiro atoms. The molecule has 1 saturated carbocycles. The second-order valence-corrected chi connectivity index (χ2v) is 8.47. The summed E-state index contributed by atoms with van der Waals surface area (Å²) in [4.78, 5) is 4.32. The average molecular weight is 381 g/mol. The summed E-state index contributed by atoms with van der Waals surface area (Å²) < 4.78 is 34.5. The third-order valence-corrected chi connectivity index (χ3v) is 6.97. The molecule has 3 aromatic rings. The number of nitrogens with zero attached hydrogens (tertiary/aromatic N) is 3. The van der Waals surface area contributed by atoms with Crippen molar-refractivity contribution in [2.75, 3.05) is 0 Å². The number of halogens is 2. The summed E-state index contributed by atoms with van der Waals surface area (Å²) in [6.45, 7) is 6.40. The van der Waals surface area contributed by atoms with E-state index in [9.17, 15) is 8.78 Å². The van der Waals surface area contributed by atoms with Crippen LogP contribution >= 0.6 is 0 Å². The first-order valence-corrected chi connectivity index (χ1v) is 9.61. The number of oxazole rings is 1. The van der Waals surface area contributed by atoms with E-state index in [1.54, 1.807) is 0 Å². The van der Waals surface area contributed by atoms with E-state index in [2.05, 4.69) is 29.0 Å². The van der Waals surface area contributed by atoms with Gasteiger partial charge in [0.05, 0.1) is 28.1 Å². The van der Waals surface area contributed by atoms with Crippen molar-refractivity contribution in [3.8, 4) is 11.3 Å². The van der Waals surface area contributed by atoms with Crippen LogP contribution in [0, 0.1) is 24.0 Å². The predicted octanol–water partition coefficient (Wildman–Crippen LogP) is 5.31. The third kappa shape index (κ3) is 2.01. The monoisotopic (exact) mass is 381 g/mol. The Hall–Kier alpha value is -2.63. The number of hydrogen-bond donors (Lipinski definition) is 0. The van der Waals surface area contributed by atoms with E-state index >= 15 is 0 Å². The Balaban J connectivity index is 1.77. The minimum Gasteiger partial charge on any atom is -0.447 e. The van der Waals surface area contributed by atoms with Crippen molar-refractivity contribution in [1.29, 1.82) is 0 Å². The van der Waals surface area contributed by atoms with E-state index in [0.717, 1.165) is 42.0 Å². The van der Waals surface area contributed by atoms with Gasteiger partial charge in [0, 0.05) is 0 Å². The number of aryl methyl sites for hydroxylation is 1. The number of hydrogen-bond acceptors (Lipinski definition) is 4. The Bertz CT molecular complexity index is 1070. The SMILES string of the molecule is Cc1ncoc1[C@]12CCC[C@@H](c3cc(-c4c(F)cccc4F)nnc31)C2(C)C. The van der Waals surface area contributed by atoms with Gasteiger partial charge in [-0.2, -0.15) is 5.10 Å². The van der Waals surface area contributed by atoms with Crippen molar-refractivity contribution < 1.29 is 13.2 Å². The van der Waals surface area contributed by atoms with Crippen LogP contribution in [-0.2, 0) is 5.41 Å². The molecule has 1 aromatic carbocycles. The summed E-state index contributed by atoms with van der Waals surface area (Å²) in [7, 11) is 0. The molecule has 2 aliphatic carbocycles. The molecular weight excluding hydrogens is 360 g/mol. The summed E-state index contributed by atoms with van der Waals surface area (Å²) in [5, 5.41) is 8.82. The van der Waals surface area contributed by atoms with Gasteiger partial charge >= 0.3 is 0 Å². The molecule has 0 amide bonds. The summed E-state index contributed by atoms with van der Waals surface area (Å²) in [6.07, 6.45) is 4.39. The lowest BCUT2D eigenvalue weighted by Gasteiger charge is -2.46. The fourth-order valence-electron chi connectivity index (χ4n) is 5.61. The van der Waals surface area contributed by atoms with E-state index in [1.165, 1.54) is 24.6 Å². The molecule has 2 atom stereocenters. The lowest BCUT2D eigenvalue weighted by molar-refractivity contribution is 0.103. The van der Waals surface area contributed by atoms with Crippen LogP contribution in [0.4, 0.5) is 8.78 Å². The molecule has 6 heteroatoms. The molecule has 0 N–H and O–H groups in total. The van der Waals surface area contributed by atoms with Crippen molar-refractivity contribution in [2.45, 2.75) is 51.4 Å². The fourth-order valence-corrected chi connectivity index (χ4v) is 5.61. The summed E-state index contributed by atoms with van der Waals surface area (Å²) >= 11 is 0. The van der Waals surface area contributed by atoms with Gasteiger partial charge in [-0.15, -0.1) is 5.10 Å². The highest BCUT2D eigenvalue weighted by molar-refractivity contribution is 5.63. The zero-order valence-electron chi connectivity index (χ0n) is 16.1. The van der Waals surface area contributed by atoms with Gasteiger partial charge in [-0.3, -0.25) is 0 Å². The fraction of sp³-hybridized carbons (Fsp3) is 0.409. The lowest BCUT2D eigenvalue weighted by atomic mass is 9.56. The Kier molecular flexibility index (Phi) is 3.55. The maximum Gasteiger partial charge on any atom is 0.181 e. The third-order valence-electron chi connectivity index (χ3n) is 6.97. The van der Waals surface area contributed by atoms with Crippen LogP contribution in [0.5, 0.6) is 0 Å². The van der Waals surface area contributed by atoms with Crippen molar-refractivity contribution in [2.24, 2.45) is 5.41 Å². The smallest absolute Gasteiger partial charge is 0.181 e. The lowest BCUT2D eigenvalue weighted by Crippen LogP contribution is -2.44. The predicted molar refractivity (Wildman–Crippen MR) is 99.8 cm³/mol. The van der Waals surface area contributed by atoms with E-state index in [1.807, 2.05) is 13.0 Å². The van der Waals surface area contributed by atoms with Gasteiger partial charge < -0.3 is 4.42 Å². The van der Waals surface area contributed by atoms with Crippen LogP contribution < -0.4 is 0 Å². The molecule has 5 rings (SSSR count). The standard InChI is InChI=1S/C22H21F2N3O/c1-12-20(28-11-25-12)22-9-5-6-14(21(22,2)3)13-10-17(26-27-19(13)22)18-15(23)7-4-8-16(18)24/h4,7-8,10-11,14H,5-6,9H2,1-3H3/t14-,22-/m0/s1. The van der Waals surface area contributed by atoms with Crippen LogP contribution in [0.2, 0.25) is 0 Å². The molecule has 1 fully saturated rings. The van der Waals surface area contributed by atoms with Gasteiger partial charge in [0.25, 0.3) is 0 Å². The van der Waals surface area contributed by atoms with Crippen LogP contribution in [0.1, 0.15) is 61.7 Å². The normalized spacial score (nSPS) is 25.0. The average Bonchev–Trinajstić information content (AvgIpc) is 3.07. The van der Waals surface area contributed by atoms with Gasteiger partial charge in [0.15, 0.2) is 6.39 Å². The van der Waals surface area contributed by atoms with Crippen molar-refractivity contribution in [3.05, 3.63) is 65.0 Å². The molecule has 4 nitrogen and oxygen atoms in total. The Labute approximate surface area is 162 Å². The van der Waals surface area contributed by atoms with Gasteiger partial charge in [0.2, 0.25) is 0 Å². The molecule has 0 saturated heterocycles. The molecule has 28 heavy (non-hydrogen) atoms. The Morgan fingerprint density at radius 2 is 1.89 bits per heavy atom. The second kappa shape index (κ2) is 5.69. The highest BCUT2D eigenvalue weighted by atomic mass is 19.1. The van der Waals surface area contributed by atoms with Crippen LogP contribution in [-0.4, -0.2) is 15.2 Å². The van der Waals surface area contributed by atoms with Gasteiger partial charge in [-0.1, -0.05) is 26.3 Å². The molecule has 2 bridgehead atoms. The molecule has 2 aromatic heterocycles. The molecule has 0 unspecified atom stereocenters. The summed E-state index contributed by atoms with van der Waals surface area (Å²) in [5.74, 6) is -0.213. The van der Waals surface area contributed by atoms with E-state index in [0.29, 0.717) is 0 Å². The highest BCUT2D eigenvalue weighted by Gasteiger charge is 2.63. The molecule has 2 aliphatic rings. The van der Waals surface area contributed by atoms with Crippen LogP contribution in [0.25, 0.3) is 11.3 Å². The van der Waals surface area contributed by atoms with Crippen LogP contribution in [0.15, 0.2) is 35.1 Å². The van der Waals surface area contributed by atoms with Gasteiger partial charge in [0.1, 0.15) is 17.4 Å². The molecule has 0 radical (unpaired) electrons. The zero-order valence-corrected chi connectivity index (χ0v) is 16.1. The first-order valence-electron chi connectivity index (χ1n) is 9.61. The minimum atomic E-state index is -0.629. The van der Waals surface area contributed by atoms with E-state index in [-0.39, 0.29) is 22.6 Å². The van der Waals surface area contributed by atoms with Gasteiger partial charge in [-0.05, 0) is 54.9 Å². The minimum absolute atomic E-state index is 0.123. The molecule has 144 valence electrons. The number of fused-ring (bicyclic) bond motifs is 5. The number of aromatic nitrogens is 3. The molecular formula is C22H21F2N3O. The first-order chi connectivity index (χ1) is 13.4. The topological polar surface area (TPSA) is 51.8 Å². The van der Waals surface area contributed by atoms with E-state index < -0.39 is 17.0 Å². The van der Waals surface area contributed by atoms with E-state index in [4.69, 9.17) is 4.42 Å². The van der Waals surface area contributed by atoms with Crippen molar-refractivity contribution >= 4 is 0 Å². The molecule has 0 aliphatic heterocycles. The largest absolute Gasteiger partial charge is 0.447 e. The first kappa shape index (κ1) is 17.5.